The second kappa shape index (κ2) is 7.54. The molecule has 0 amide bonds. The normalized spacial score (nSPS) is 11.6. The molecule has 0 spiro atoms. The van der Waals surface area contributed by atoms with Gasteiger partial charge in [0.15, 0.2) is 11.5 Å². The first-order chi connectivity index (χ1) is 11.1. The van der Waals surface area contributed by atoms with Gasteiger partial charge in [0.05, 0.1) is 27.8 Å². The van der Waals surface area contributed by atoms with Crippen molar-refractivity contribution in [1.29, 1.82) is 0 Å². The van der Waals surface area contributed by atoms with E-state index in [0.29, 0.717) is 11.5 Å². The second-order valence-corrected chi connectivity index (χ2v) is 5.04. The average molecular weight is 316 g/mol. The van der Waals surface area contributed by atoms with Crippen LogP contribution in [0.1, 0.15) is 23.5 Å². The Hall–Kier alpha value is -2.69. The molecule has 5 nitrogen and oxygen atoms in total. The van der Waals surface area contributed by atoms with E-state index in [1.165, 1.54) is 0 Å². The third-order valence-corrected chi connectivity index (χ3v) is 3.71. The van der Waals surface area contributed by atoms with Crippen molar-refractivity contribution >= 4 is 5.97 Å². The fraction of sp³-hybridized carbons (Fsp3) is 0.278. The monoisotopic (exact) mass is 316 g/mol. The molecule has 0 aliphatic heterocycles. The van der Waals surface area contributed by atoms with Crippen LogP contribution in [0.4, 0.5) is 0 Å². The highest BCUT2D eigenvalue weighted by Gasteiger charge is 2.20. The third kappa shape index (κ3) is 3.94. The first kappa shape index (κ1) is 16.7. The highest BCUT2D eigenvalue weighted by molar-refractivity contribution is 5.69. The van der Waals surface area contributed by atoms with Crippen molar-refractivity contribution in [3.63, 3.8) is 0 Å². The predicted molar refractivity (Wildman–Crippen MR) is 86.6 cm³/mol. The molecule has 0 radical (unpaired) electrons. The molecule has 0 fully saturated rings. The molecule has 2 aromatic carbocycles. The first-order valence-electron chi connectivity index (χ1n) is 7.16. The standard InChI is InChI=1S/C18H20O5/c1-21-14-7-4-12(5-8-14)15(11-18(19)20)13-6-9-16(22-2)17(10-13)23-3/h4-10,15H,11H2,1-3H3,(H,19,20). The van der Waals surface area contributed by atoms with Crippen LogP contribution in [0.15, 0.2) is 42.5 Å². The number of carbonyl (C=O) groups is 1. The van der Waals surface area contributed by atoms with Crippen LogP contribution in [-0.2, 0) is 4.79 Å². The van der Waals surface area contributed by atoms with Crippen LogP contribution >= 0.6 is 0 Å². The molecule has 2 rings (SSSR count). The van der Waals surface area contributed by atoms with E-state index in [9.17, 15) is 9.90 Å². The quantitative estimate of drug-likeness (QED) is 0.849. The van der Waals surface area contributed by atoms with Crippen LogP contribution in [0.3, 0.4) is 0 Å². The van der Waals surface area contributed by atoms with Gasteiger partial charge in [-0.05, 0) is 35.4 Å². The van der Waals surface area contributed by atoms with Gasteiger partial charge in [-0.2, -0.15) is 0 Å². The third-order valence-electron chi connectivity index (χ3n) is 3.71. The molecule has 0 aliphatic carbocycles. The van der Waals surface area contributed by atoms with Gasteiger partial charge in [0.2, 0.25) is 0 Å². The van der Waals surface area contributed by atoms with Gasteiger partial charge in [0, 0.05) is 5.92 Å². The van der Waals surface area contributed by atoms with E-state index in [2.05, 4.69) is 0 Å². The van der Waals surface area contributed by atoms with E-state index in [0.717, 1.165) is 16.9 Å². The molecule has 0 heterocycles. The van der Waals surface area contributed by atoms with Crippen LogP contribution in [0.5, 0.6) is 17.2 Å². The SMILES string of the molecule is COc1ccc(C(CC(=O)O)c2ccc(OC)c(OC)c2)cc1. The summed E-state index contributed by atoms with van der Waals surface area (Å²) in [5, 5.41) is 9.25. The predicted octanol–water partition coefficient (Wildman–Crippen LogP) is 3.32. The molecule has 0 aliphatic rings. The van der Waals surface area contributed by atoms with Crippen molar-refractivity contribution in [1.82, 2.24) is 0 Å². The van der Waals surface area contributed by atoms with Crippen molar-refractivity contribution in [3.8, 4) is 17.2 Å². The lowest BCUT2D eigenvalue weighted by Crippen LogP contribution is -2.08. The number of hydrogen-bond acceptors (Lipinski definition) is 4. The molecule has 1 N–H and O–H groups in total. The summed E-state index contributed by atoms with van der Waals surface area (Å²) >= 11 is 0. The summed E-state index contributed by atoms with van der Waals surface area (Å²) in [5.74, 6) is 0.780. The Morgan fingerprint density at radius 3 is 2.04 bits per heavy atom. The second-order valence-electron chi connectivity index (χ2n) is 5.04. The van der Waals surface area contributed by atoms with E-state index in [1.807, 2.05) is 36.4 Å². The van der Waals surface area contributed by atoms with Crippen LogP contribution < -0.4 is 14.2 Å². The summed E-state index contributed by atoms with van der Waals surface area (Å²) < 4.78 is 15.7. The van der Waals surface area contributed by atoms with Gasteiger partial charge < -0.3 is 19.3 Å². The highest BCUT2D eigenvalue weighted by atomic mass is 16.5. The van der Waals surface area contributed by atoms with E-state index >= 15 is 0 Å². The minimum absolute atomic E-state index is 0.0121. The summed E-state index contributed by atoms with van der Waals surface area (Å²) in [6.45, 7) is 0. The molecular formula is C18H20O5. The Balaban J connectivity index is 2.43. The zero-order valence-electron chi connectivity index (χ0n) is 13.4. The van der Waals surface area contributed by atoms with E-state index in [-0.39, 0.29) is 12.3 Å². The molecule has 1 atom stereocenters. The molecule has 0 aromatic heterocycles. The number of rotatable bonds is 7. The summed E-state index contributed by atoms with van der Waals surface area (Å²) in [6.07, 6.45) is -0.0121. The molecule has 0 saturated carbocycles. The number of methoxy groups -OCH3 is 3. The number of ether oxygens (including phenoxy) is 3. The Morgan fingerprint density at radius 1 is 0.913 bits per heavy atom. The van der Waals surface area contributed by atoms with Crippen molar-refractivity contribution in [2.75, 3.05) is 21.3 Å². The maximum absolute atomic E-state index is 11.3. The Kier molecular flexibility index (Phi) is 5.46. The van der Waals surface area contributed by atoms with Crippen LogP contribution in [0.2, 0.25) is 0 Å². The number of carboxylic acid groups (broad SMARTS) is 1. The van der Waals surface area contributed by atoms with E-state index in [1.54, 1.807) is 27.4 Å². The van der Waals surface area contributed by atoms with Crippen molar-refractivity contribution in [2.24, 2.45) is 0 Å². The highest BCUT2D eigenvalue weighted by Crippen LogP contribution is 2.35. The minimum Gasteiger partial charge on any atom is -0.497 e. The first-order valence-corrected chi connectivity index (χ1v) is 7.16. The Bertz CT molecular complexity index is 664. The van der Waals surface area contributed by atoms with Gasteiger partial charge in [-0.3, -0.25) is 4.79 Å². The Morgan fingerprint density at radius 2 is 1.52 bits per heavy atom. The van der Waals surface area contributed by atoms with Crippen LogP contribution in [-0.4, -0.2) is 32.4 Å². The molecular weight excluding hydrogens is 296 g/mol. The summed E-state index contributed by atoms with van der Waals surface area (Å²) in [6, 6.07) is 12.9. The lowest BCUT2D eigenvalue weighted by molar-refractivity contribution is -0.137. The molecule has 2 aromatic rings. The van der Waals surface area contributed by atoms with Crippen molar-refractivity contribution in [2.45, 2.75) is 12.3 Å². The smallest absolute Gasteiger partial charge is 0.304 e. The fourth-order valence-corrected chi connectivity index (χ4v) is 2.51. The lowest BCUT2D eigenvalue weighted by atomic mass is 9.88. The molecule has 5 heteroatoms. The van der Waals surface area contributed by atoms with Gasteiger partial charge >= 0.3 is 5.97 Å². The largest absolute Gasteiger partial charge is 0.497 e. The maximum Gasteiger partial charge on any atom is 0.304 e. The van der Waals surface area contributed by atoms with Gasteiger partial charge in [0.1, 0.15) is 5.75 Å². The summed E-state index contributed by atoms with van der Waals surface area (Å²) in [4.78, 5) is 11.3. The van der Waals surface area contributed by atoms with Crippen LogP contribution in [0.25, 0.3) is 0 Å². The van der Waals surface area contributed by atoms with Gasteiger partial charge in [-0.25, -0.2) is 0 Å². The van der Waals surface area contributed by atoms with Gasteiger partial charge in [-0.1, -0.05) is 18.2 Å². The number of carboxylic acids is 1. The molecule has 23 heavy (non-hydrogen) atoms. The van der Waals surface area contributed by atoms with E-state index in [4.69, 9.17) is 14.2 Å². The average Bonchev–Trinajstić information content (AvgIpc) is 2.59. The Labute approximate surface area is 135 Å². The maximum atomic E-state index is 11.3. The number of benzene rings is 2. The molecule has 1 unspecified atom stereocenters. The topological polar surface area (TPSA) is 65.0 Å². The lowest BCUT2D eigenvalue weighted by Gasteiger charge is -2.18. The fourth-order valence-electron chi connectivity index (χ4n) is 2.51. The zero-order valence-corrected chi connectivity index (χ0v) is 13.4. The van der Waals surface area contributed by atoms with Crippen molar-refractivity contribution < 1.29 is 24.1 Å². The minimum atomic E-state index is -0.861. The van der Waals surface area contributed by atoms with Gasteiger partial charge in [-0.15, -0.1) is 0 Å². The molecule has 0 bridgehead atoms. The molecule has 122 valence electrons. The van der Waals surface area contributed by atoms with E-state index < -0.39 is 5.97 Å². The van der Waals surface area contributed by atoms with Crippen molar-refractivity contribution in [3.05, 3.63) is 53.6 Å². The summed E-state index contributed by atoms with van der Waals surface area (Å²) in [7, 11) is 4.72. The van der Waals surface area contributed by atoms with Gasteiger partial charge in [0.25, 0.3) is 0 Å². The zero-order chi connectivity index (χ0) is 16.8. The number of aliphatic carboxylic acids is 1. The van der Waals surface area contributed by atoms with Crippen LogP contribution in [0, 0.1) is 0 Å². The summed E-state index contributed by atoms with van der Waals surface area (Å²) in [5.41, 5.74) is 1.76. The molecule has 0 saturated heterocycles. The number of hydrogen-bond donors (Lipinski definition) is 1.